The number of halogens is 1. The number of hydrogen-bond acceptors (Lipinski definition) is 2. The lowest BCUT2D eigenvalue weighted by molar-refractivity contribution is 0.0696. The fourth-order valence-corrected chi connectivity index (χ4v) is 1.88. The van der Waals surface area contributed by atoms with Gasteiger partial charge in [-0.1, -0.05) is 18.2 Å². The molecule has 96 valence electrons. The van der Waals surface area contributed by atoms with Gasteiger partial charge >= 0.3 is 5.97 Å². The van der Waals surface area contributed by atoms with E-state index in [1.807, 2.05) is 6.07 Å². The minimum absolute atomic E-state index is 0.117. The van der Waals surface area contributed by atoms with E-state index in [1.54, 1.807) is 30.3 Å². The molecular formula is C14H10BrNO3. The van der Waals surface area contributed by atoms with Crippen molar-refractivity contribution in [2.24, 2.45) is 0 Å². The first-order chi connectivity index (χ1) is 9.08. The smallest absolute Gasteiger partial charge is 0.335 e. The van der Waals surface area contributed by atoms with Crippen molar-refractivity contribution in [3.05, 3.63) is 64.1 Å². The summed E-state index contributed by atoms with van der Waals surface area (Å²) in [7, 11) is 0. The number of aromatic carboxylic acids is 1. The maximum absolute atomic E-state index is 12.0. The molecule has 0 radical (unpaired) electrons. The number of rotatable bonds is 3. The molecule has 2 rings (SSSR count). The van der Waals surface area contributed by atoms with Crippen molar-refractivity contribution in [1.29, 1.82) is 0 Å². The first-order valence-corrected chi connectivity index (χ1v) is 6.26. The van der Waals surface area contributed by atoms with Gasteiger partial charge in [0.05, 0.1) is 11.3 Å². The van der Waals surface area contributed by atoms with Gasteiger partial charge in [-0.05, 0) is 46.3 Å². The third-order valence-electron chi connectivity index (χ3n) is 2.50. The zero-order chi connectivity index (χ0) is 13.8. The van der Waals surface area contributed by atoms with Crippen molar-refractivity contribution in [2.75, 3.05) is 5.32 Å². The average Bonchev–Trinajstić information content (AvgIpc) is 2.42. The second kappa shape index (κ2) is 5.67. The van der Waals surface area contributed by atoms with E-state index < -0.39 is 5.97 Å². The molecule has 0 atom stereocenters. The van der Waals surface area contributed by atoms with E-state index in [0.29, 0.717) is 15.7 Å². The maximum atomic E-state index is 12.0. The lowest BCUT2D eigenvalue weighted by Gasteiger charge is -2.08. The van der Waals surface area contributed by atoms with Gasteiger partial charge < -0.3 is 10.4 Å². The molecule has 2 aromatic carbocycles. The number of hydrogen-bond donors (Lipinski definition) is 2. The molecule has 0 unspecified atom stereocenters. The highest BCUT2D eigenvalue weighted by molar-refractivity contribution is 9.10. The molecule has 0 aliphatic carbocycles. The van der Waals surface area contributed by atoms with Crippen LogP contribution in [-0.4, -0.2) is 17.0 Å². The molecule has 0 saturated heterocycles. The number of carbonyl (C=O) groups excluding carboxylic acids is 1. The quantitative estimate of drug-likeness (QED) is 0.911. The Hall–Kier alpha value is -2.14. The zero-order valence-corrected chi connectivity index (χ0v) is 11.3. The van der Waals surface area contributed by atoms with Gasteiger partial charge in [-0.2, -0.15) is 0 Å². The molecule has 4 nitrogen and oxygen atoms in total. The predicted octanol–water partition coefficient (Wildman–Crippen LogP) is 3.40. The van der Waals surface area contributed by atoms with E-state index in [0.717, 1.165) is 0 Å². The molecule has 0 fully saturated rings. The Morgan fingerprint density at radius 3 is 2.32 bits per heavy atom. The van der Waals surface area contributed by atoms with Gasteiger partial charge in [-0.25, -0.2) is 4.79 Å². The Kier molecular flexibility index (Phi) is 3.97. The Labute approximate surface area is 118 Å². The molecule has 19 heavy (non-hydrogen) atoms. The summed E-state index contributed by atoms with van der Waals surface area (Å²) < 4.78 is 0.627. The van der Waals surface area contributed by atoms with Crippen LogP contribution >= 0.6 is 15.9 Å². The van der Waals surface area contributed by atoms with E-state index in [4.69, 9.17) is 5.11 Å². The molecule has 0 aromatic heterocycles. The molecule has 0 aliphatic rings. The third kappa shape index (κ3) is 3.20. The number of benzene rings is 2. The lowest BCUT2D eigenvalue weighted by atomic mass is 10.2. The fraction of sp³-hybridized carbons (Fsp3) is 0. The van der Waals surface area contributed by atoms with Crippen molar-refractivity contribution in [1.82, 2.24) is 0 Å². The first kappa shape index (κ1) is 13.3. The van der Waals surface area contributed by atoms with E-state index in [1.165, 1.54) is 12.1 Å². The van der Waals surface area contributed by atoms with Gasteiger partial charge in [0, 0.05) is 10.0 Å². The van der Waals surface area contributed by atoms with Crippen LogP contribution in [0.25, 0.3) is 0 Å². The summed E-state index contributed by atoms with van der Waals surface area (Å²) in [6.07, 6.45) is 0. The largest absolute Gasteiger partial charge is 0.478 e. The average molecular weight is 320 g/mol. The Balaban J connectivity index is 2.26. The molecule has 0 heterocycles. The summed E-state index contributed by atoms with van der Waals surface area (Å²) in [5.74, 6) is -1.33. The molecule has 2 N–H and O–H groups in total. The van der Waals surface area contributed by atoms with E-state index in [-0.39, 0.29) is 11.5 Å². The molecule has 0 bridgehead atoms. The standard InChI is InChI=1S/C14H10BrNO3/c15-11-7-6-10(14(18)19)8-12(11)16-13(17)9-4-2-1-3-5-9/h1-8H,(H,16,17)(H,18,19). The highest BCUT2D eigenvalue weighted by Crippen LogP contribution is 2.24. The van der Waals surface area contributed by atoms with E-state index in [2.05, 4.69) is 21.2 Å². The van der Waals surface area contributed by atoms with Crippen LogP contribution in [0.4, 0.5) is 5.69 Å². The number of anilines is 1. The summed E-state index contributed by atoms with van der Waals surface area (Å²) in [5.41, 5.74) is 1.05. The van der Waals surface area contributed by atoms with Crippen molar-refractivity contribution in [2.45, 2.75) is 0 Å². The molecule has 2 aromatic rings. The number of nitrogens with one attached hydrogen (secondary N) is 1. The van der Waals surface area contributed by atoms with Crippen molar-refractivity contribution in [3.8, 4) is 0 Å². The van der Waals surface area contributed by atoms with Crippen LogP contribution in [0, 0.1) is 0 Å². The Morgan fingerprint density at radius 1 is 1.00 bits per heavy atom. The highest BCUT2D eigenvalue weighted by atomic mass is 79.9. The van der Waals surface area contributed by atoms with Gasteiger partial charge in [-0.3, -0.25) is 4.79 Å². The van der Waals surface area contributed by atoms with Crippen LogP contribution in [0.5, 0.6) is 0 Å². The summed E-state index contributed by atoms with van der Waals surface area (Å²) in [4.78, 5) is 22.9. The second-order valence-corrected chi connectivity index (χ2v) is 4.67. The molecule has 5 heteroatoms. The first-order valence-electron chi connectivity index (χ1n) is 5.47. The summed E-state index contributed by atoms with van der Waals surface area (Å²) in [5, 5.41) is 11.6. The number of amides is 1. The number of carbonyl (C=O) groups is 2. The minimum atomic E-state index is -1.04. The van der Waals surface area contributed by atoms with Crippen molar-refractivity contribution < 1.29 is 14.7 Å². The van der Waals surface area contributed by atoms with Gasteiger partial charge in [0.1, 0.15) is 0 Å². The van der Waals surface area contributed by atoms with Gasteiger partial charge in [0.25, 0.3) is 5.91 Å². The highest BCUT2D eigenvalue weighted by Gasteiger charge is 2.10. The number of carboxylic acid groups (broad SMARTS) is 1. The summed E-state index contributed by atoms with van der Waals surface area (Å²) in [6.45, 7) is 0. The van der Waals surface area contributed by atoms with Gasteiger partial charge in [0.2, 0.25) is 0 Å². The van der Waals surface area contributed by atoms with Crippen molar-refractivity contribution >= 4 is 33.5 Å². The monoisotopic (exact) mass is 319 g/mol. The molecule has 0 saturated carbocycles. The van der Waals surface area contributed by atoms with Crippen LogP contribution in [0.3, 0.4) is 0 Å². The van der Waals surface area contributed by atoms with Crippen molar-refractivity contribution in [3.63, 3.8) is 0 Å². The zero-order valence-electron chi connectivity index (χ0n) is 9.76. The van der Waals surface area contributed by atoms with Crippen LogP contribution in [0.1, 0.15) is 20.7 Å². The Morgan fingerprint density at radius 2 is 1.68 bits per heavy atom. The normalized spacial score (nSPS) is 9.95. The van der Waals surface area contributed by atoms with Gasteiger partial charge in [0.15, 0.2) is 0 Å². The lowest BCUT2D eigenvalue weighted by Crippen LogP contribution is -2.12. The van der Waals surface area contributed by atoms with Gasteiger partial charge in [-0.15, -0.1) is 0 Å². The minimum Gasteiger partial charge on any atom is -0.478 e. The summed E-state index contributed by atoms with van der Waals surface area (Å²) >= 11 is 3.27. The predicted molar refractivity (Wildman–Crippen MR) is 75.5 cm³/mol. The van der Waals surface area contributed by atoms with Crippen LogP contribution in [-0.2, 0) is 0 Å². The maximum Gasteiger partial charge on any atom is 0.335 e. The van der Waals surface area contributed by atoms with Crippen LogP contribution < -0.4 is 5.32 Å². The molecule has 0 aliphatic heterocycles. The molecule has 0 spiro atoms. The van der Waals surface area contributed by atoms with E-state index in [9.17, 15) is 9.59 Å². The van der Waals surface area contributed by atoms with Crippen LogP contribution in [0.15, 0.2) is 53.0 Å². The topological polar surface area (TPSA) is 66.4 Å². The summed E-state index contributed by atoms with van der Waals surface area (Å²) in [6, 6.07) is 13.2. The number of carboxylic acids is 1. The van der Waals surface area contributed by atoms with E-state index >= 15 is 0 Å². The molecule has 1 amide bonds. The Bertz CT molecular complexity index is 626. The second-order valence-electron chi connectivity index (χ2n) is 3.82. The SMILES string of the molecule is O=C(O)c1ccc(Br)c(NC(=O)c2ccccc2)c1. The fourth-order valence-electron chi connectivity index (χ4n) is 1.54. The van der Waals surface area contributed by atoms with Crippen LogP contribution in [0.2, 0.25) is 0 Å². The molecular weight excluding hydrogens is 310 g/mol. The third-order valence-corrected chi connectivity index (χ3v) is 3.19.